The van der Waals surface area contributed by atoms with Gasteiger partial charge in [-0.05, 0) is 0 Å². The van der Waals surface area contributed by atoms with Gasteiger partial charge in [0.15, 0.2) is 11.3 Å². The van der Waals surface area contributed by atoms with E-state index in [9.17, 15) is 0 Å². The molecule has 3 heterocycles. The van der Waals surface area contributed by atoms with E-state index in [0.29, 0.717) is 23.0 Å². The third-order valence-corrected chi connectivity index (χ3v) is 1.80. The van der Waals surface area contributed by atoms with Gasteiger partial charge in [-0.1, -0.05) is 4.57 Å². The van der Waals surface area contributed by atoms with Crippen LogP contribution in [-0.2, 0) is 0 Å². The molecule has 3 aromatic heterocycles. The van der Waals surface area contributed by atoms with Gasteiger partial charge in [0, 0.05) is 0 Å². The summed E-state index contributed by atoms with van der Waals surface area (Å²) in [5.41, 5.74) is 6.64. The molecule has 0 saturated heterocycles. The SMILES string of the molecule is COc1nc2c(N)nc3nc2n1o3. The second kappa shape index (κ2) is 1.82. The molecule has 0 spiro atoms. The molecular formula is C6H5N5O2. The number of nitrogens with zero attached hydrogens (tertiary/aromatic N) is 4. The van der Waals surface area contributed by atoms with Crippen molar-refractivity contribution < 1.29 is 9.26 Å². The normalized spacial score (nSPS) is 11.8. The number of imidazole rings is 1. The van der Waals surface area contributed by atoms with Crippen molar-refractivity contribution in [2.75, 3.05) is 12.8 Å². The molecule has 66 valence electrons. The molecule has 7 nitrogen and oxygen atoms in total. The van der Waals surface area contributed by atoms with Gasteiger partial charge in [0.05, 0.1) is 7.11 Å². The van der Waals surface area contributed by atoms with E-state index in [1.807, 2.05) is 0 Å². The van der Waals surface area contributed by atoms with Crippen LogP contribution in [0.3, 0.4) is 0 Å². The number of rotatable bonds is 1. The maximum atomic E-state index is 5.60. The van der Waals surface area contributed by atoms with Crippen LogP contribution in [0.2, 0.25) is 0 Å². The molecule has 3 rings (SSSR count). The molecule has 13 heavy (non-hydrogen) atoms. The van der Waals surface area contributed by atoms with Crippen LogP contribution in [0.4, 0.5) is 5.82 Å². The van der Waals surface area contributed by atoms with Crippen molar-refractivity contribution in [3.63, 3.8) is 0 Å². The van der Waals surface area contributed by atoms with Crippen LogP contribution in [0.15, 0.2) is 4.52 Å². The lowest BCUT2D eigenvalue weighted by atomic mass is 10.5. The summed E-state index contributed by atoms with van der Waals surface area (Å²) in [7, 11) is 1.50. The predicted molar refractivity (Wildman–Crippen MR) is 42.7 cm³/mol. The molecule has 0 amide bonds. The first-order valence-corrected chi connectivity index (χ1v) is 3.58. The fraction of sp³-hybridized carbons (Fsp3) is 0.167. The number of fused-ring (bicyclic) bond motifs is 1. The number of aromatic nitrogens is 4. The Hall–Kier alpha value is -2.05. The van der Waals surface area contributed by atoms with E-state index >= 15 is 0 Å². The van der Waals surface area contributed by atoms with Gasteiger partial charge in [-0.15, -0.1) is 0 Å². The van der Waals surface area contributed by atoms with Gasteiger partial charge < -0.3 is 15.0 Å². The summed E-state index contributed by atoms with van der Waals surface area (Å²) in [4.78, 5) is 11.9. The number of anilines is 1. The third kappa shape index (κ3) is 0.616. The fourth-order valence-electron chi connectivity index (χ4n) is 1.25. The van der Waals surface area contributed by atoms with Gasteiger partial charge in [-0.25, -0.2) is 0 Å². The van der Waals surface area contributed by atoms with Crippen molar-refractivity contribution in [3.05, 3.63) is 0 Å². The Morgan fingerprint density at radius 1 is 1.38 bits per heavy atom. The number of ether oxygens (including phenoxy) is 1. The molecule has 0 aromatic carbocycles. The molecular weight excluding hydrogens is 174 g/mol. The number of hydrogen-bond acceptors (Lipinski definition) is 6. The van der Waals surface area contributed by atoms with E-state index in [4.69, 9.17) is 15.0 Å². The Kier molecular flexibility index (Phi) is 0.903. The minimum absolute atomic E-state index is 0.223. The first-order valence-electron chi connectivity index (χ1n) is 3.58. The van der Waals surface area contributed by atoms with Crippen molar-refractivity contribution >= 4 is 22.8 Å². The molecule has 0 aliphatic heterocycles. The topological polar surface area (TPSA) is 91.5 Å². The minimum atomic E-state index is 0.223. The highest BCUT2D eigenvalue weighted by Crippen LogP contribution is 2.24. The molecule has 3 aromatic rings. The van der Waals surface area contributed by atoms with Crippen molar-refractivity contribution in [2.45, 2.75) is 0 Å². The van der Waals surface area contributed by atoms with Gasteiger partial charge in [-0.2, -0.15) is 15.0 Å². The average Bonchev–Trinajstić information content (AvgIpc) is 2.57. The van der Waals surface area contributed by atoms with E-state index in [1.54, 1.807) is 0 Å². The van der Waals surface area contributed by atoms with Crippen molar-refractivity contribution in [1.82, 2.24) is 19.5 Å². The molecule has 0 atom stereocenters. The Morgan fingerprint density at radius 2 is 2.23 bits per heavy atom. The molecule has 7 heteroatoms. The van der Waals surface area contributed by atoms with Crippen LogP contribution < -0.4 is 10.5 Å². The summed E-state index contributed by atoms with van der Waals surface area (Å²) in [5.74, 6) is 0.523. The molecule has 0 radical (unpaired) electrons. The monoisotopic (exact) mass is 179 g/mol. The summed E-state index contributed by atoms with van der Waals surface area (Å²) in [6, 6.07) is 0.321. The van der Waals surface area contributed by atoms with Gasteiger partial charge >= 0.3 is 11.9 Å². The Bertz CT molecular complexity index is 567. The Morgan fingerprint density at radius 3 is 3.00 bits per heavy atom. The first-order chi connectivity index (χ1) is 6.29. The van der Waals surface area contributed by atoms with E-state index in [-0.39, 0.29) is 5.84 Å². The number of nitrogens with two attached hydrogens (primary N) is 1. The van der Waals surface area contributed by atoms with Crippen LogP contribution >= 0.6 is 0 Å². The number of hydrogen-bond donors (Lipinski definition) is 1. The molecule has 2 bridgehead atoms. The predicted octanol–water partition coefficient (Wildman–Crippen LogP) is -0.101. The zero-order chi connectivity index (χ0) is 9.00. The molecule has 0 aliphatic rings. The highest BCUT2D eigenvalue weighted by molar-refractivity contribution is 5.84. The first kappa shape index (κ1) is 6.46. The summed E-state index contributed by atoms with van der Waals surface area (Å²) in [6.07, 6.45) is 0. The van der Waals surface area contributed by atoms with Crippen molar-refractivity contribution in [3.8, 4) is 6.01 Å². The van der Waals surface area contributed by atoms with Crippen LogP contribution in [0.5, 0.6) is 6.01 Å². The van der Waals surface area contributed by atoms with Gasteiger partial charge in [0.2, 0.25) is 5.65 Å². The highest BCUT2D eigenvalue weighted by atomic mass is 16.6. The van der Waals surface area contributed by atoms with E-state index < -0.39 is 0 Å². The van der Waals surface area contributed by atoms with Crippen molar-refractivity contribution in [2.24, 2.45) is 0 Å². The van der Waals surface area contributed by atoms with Crippen LogP contribution in [0.1, 0.15) is 0 Å². The van der Waals surface area contributed by atoms with Crippen LogP contribution in [0.25, 0.3) is 17.0 Å². The van der Waals surface area contributed by atoms with Crippen LogP contribution in [0, 0.1) is 0 Å². The maximum Gasteiger partial charge on any atom is 0.348 e. The Balaban J connectivity index is 2.61. The van der Waals surface area contributed by atoms with Crippen LogP contribution in [-0.4, -0.2) is 26.6 Å². The molecule has 0 aliphatic carbocycles. The van der Waals surface area contributed by atoms with Gasteiger partial charge in [0.1, 0.15) is 0 Å². The molecule has 0 fully saturated rings. The van der Waals surface area contributed by atoms with E-state index in [1.165, 1.54) is 11.7 Å². The fourth-order valence-corrected chi connectivity index (χ4v) is 1.25. The average molecular weight is 179 g/mol. The van der Waals surface area contributed by atoms with E-state index in [0.717, 1.165) is 0 Å². The minimum Gasteiger partial charge on any atom is -0.466 e. The highest BCUT2D eigenvalue weighted by Gasteiger charge is 2.19. The maximum absolute atomic E-state index is 5.60. The summed E-state index contributed by atoms with van der Waals surface area (Å²) >= 11 is 0. The standard InChI is InChI=1S/C6H5N5O2/c1-12-6-8-2-3(7)9-5-10-4(2)11(6)13-5/h1H3,(H2,7,9,10). The Labute approximate surface area is 71.4 Å². The van der Waals surface area contributed by atoms with Gasteiger partial charge in [-0.3, -0.25) is 0 Å². The quantitative estimate of drug-likeness (QED) is 0.560. The zero-order valence-electron chi connectivity index (χ0n) is 6.68. The lowest BCUT2D eigenvalue weighted by Gasteiger charge is -1.91. The second-order valence-electron chi connectivity index (χ2n) is 2.55. The summed E-state index contributed by atoms with van der Waals surface area (Å²) < 4.78 is 11.5. The number of nitrogen functional groups attached to an aromatic ring is 1. The smallest absolute Gasteiger partial charge is 0.348 e. The molecule has 2 N–H and O–H groups in total. The van der Waals surface area contributed by atoms with Crippen molar-refractivity contribution in [1.29, 1.82) is 0 Å². The third-order valence-electron chi connectivity index (χ3n) is 1.80. The molecule has 0 saturated carbocycles. The second-order valence-corrected chi connectivity index (χ2v) is 2.55. The lowest BCUT2D eigenvalue weighted by molar-refractivity contribution is 0.301. The number of methoxy groups -OCH3 is 1. The largest absolute Gasteiger partial charge is 0.466 e. The lowest BCUT2D eigenvalue weighted by Crippen LogP contribution is -1.92. The van der Waals surface area contributed by atoms with Gasteiger partial charge in [0.25, 0.3) is 0 Å². The summed E-state index contributed by atoms with van der Waals surface area (Å²) in [5, 5.41) is 0. The zero-order valence-corrected chi connectivity index (χ0v) is 6.68. The molecule has 0 unspecified atom stereocenters. The van der Waals surface area contributed by atoms with E-state index in [2.05, 4.69) is 15.0 Å². The summed E-state index contributed by atoms with van der Waals surface area (Å²) in [6.45, 7) is 0.